The van der Waals surface area contributed by atoms with E-state index in [2.05, 4.69) is 58.8 Å². The highest BCUT2D eigenvalue weighted by molar-refractivity contribution is 5.80. The Morgan fingerprint density at radius 1 is 0.974 bits per heavy atom. The molecule has 1 saturated heterocycles. The number of carboxylic acids is 1. The first kappa shape index (κ1) is 42.2. The molecule has 1 aliphatic heterocycles. The van der Waals surface area contributed by atoms with Crippen molar-refractivity contribution in [3.63, 3.8) is 0 Å². The van der Waals surface area contributed by atoms with Crippen molar-refractivity contribution in [2.45, 2.75) is 107 Å². The van der Waals surface area contributed by atoms with Crippen LogP contribution in [0.25, 0.3) is 0 Å². The third-order valence-corrected chi connectivity index (χ3v) is 4.12. The van der Waals surface area contributed by atoms with E-state index in [0.29, 0.717) is 17.8 Å². The van der Waals surface area contributed by atoms with Crippen LogP contribution in [0.2, 0.25) is 0 Å². The fraction of sp³-hybridized carbons (Fsp3) is 0.633. The lowest BCUT2D eigenvalue weighted by Gasteiger charge is -2.26. The summed E-state index contributed by atoms with van der Waals surface area (Å²) in [6, 6.07) is 10.1. The lowest BCUT2D eigenvalue weighted by Crippen LogP contribution is -2.45. The van der Waals surface area contributed by atoms with E-state index >= 15 is 0 Å². The number of hydrogen-bond acceptors (Lipinski definition) is 5. The van der Waals surface area contributed by atoms with Gasteiger partial charge >= 0.3 is 5.97 Å². The molecule has 1 amide bonds. The number of allylic oxidation sites excluding steroid dienone is 1. The van der Waals surface area contributed by atoms with E-state index < -0.39 is 5.97 Å². The summed E-state index contributed by atoms with van der Waals surface area (Å²) in [4.78, 5) is 29.8. The molecule has 0 aliphatic carbocycles. The summed E-state index contributed by atoms with van der Waals surface area (Å²) in [5.41, 5.74) is 4.45. The lowest BCUT2D eigenvalue weighted by atomic mass is 9.97. The quantitative estimate of drug-likeness (QED) is 0.209. The first-order valence-electron chi connectivity index (χ1n) is 13.6. The van der Waals surface area contributed by atoms with E-state index in [1.807, 2.05) is 50.9 Å². The maximum Gasteiger partial charge on any atom is 0.303 e. The van der Waals surface area contributed by atoms with Crippen molar-refractivity contribution < 1.29 is 29.7 Å². The van der Waals surface area contributed by atoms with Gasteiger partial charge in [0.2, 0.25) is 5.91 Å². The molecule has 4 N–H and O–H groups in total. The van der Waals surface area contributed by atoms with E-state index in [1.165, 1.54) is 12.0 Å². The fourth-order valence-electron chi connectivity index (χ4n) is 2.71. The number of hydrazine groups is 1. The molecule has 0 spiro atoms. The number of aliphatic hydroxyl groups excluding tert-OH is 1. The minimum atomic E-state index is -0.932. The average molecular weight is 541 g/mol. The third-order valence-electron chi connectivity index (χ3n) is 4.12. The predicted octanol–water partition coefficient (Wildman–Crippen LogP) is 7.43. The molecule has 0 saturated carbocycles. The van der Waals surface area contributed by atoms with Crippen LogP contribution >= 0.6 is 0 Å². The van der Waals surface area contributed by atoms with Crippen LogP contribution in [0.1, 0.15) is 112 Å². The number of nitrogens with zero attached hydrogens (tertiary/aromatic N) is 1. The Morgan fingerprint density at radius 3 is 1.76 bits per heavy atom. The Labute approximate surface area is 232 Å². The van der Waals surface area contributed by atoms with Crippen molar-refractivity contribution >= 4 is 18.3 Å². The average Bonchev–Trinajstić information content (AvgIpc) is 2.86. The smallest absolute Gasteiger partial charge is 0.303 e. The van der Waals surface area contributed by atoms with Gasteiger partial charge in [0.25, 0.3) is 6.47 Å². The van der Waals surface area contributed by atoms with Gasteiger partial charge in [-0.1, -0.05) is 106 Å². The highest BCUT2D eigenvalue weighted by Gasteiger charge is 2.13. The van der Waals surface area contributed by atoms with Gasteiger partial charge < -0.3 is 15.3 Å². The monoisotopic (exact) mass is 540 g/mol. The number of hydrogen-bond donors (Lipinski definition) is 4. The molecule has 38 heavy (non-hydrogen) atoms. The first-order chi connectivity index (χ1) is 17.8. The van der Waals surface area contributed by atoms with Crippen LogP contribution < -0.4 is 5.43 Å². The summed E-state index contributed by atoms with van der Waals surface area (Å²) in [7, 11) is 0. The Morgan fingerprint density at radius 2 is 1.39 bits per heavy atom. The predicted molar refractivity (Wildman–Crippen MR) is 158 cm³/mol. The summed E-state index contributed by atoms with van der Waals surface area (Å²) in [5.74, 6) is -0.525. The first-order valence-corrected chi connectivity index (χ1v) is 13.6. The molecule has 1 aromatic carbocycles. The number of benzene rings is 1. The van der Waals surface area contributed by atoms with Gasteiger partial charge in [-0.3, -0.25) is 19.8 Å². The van der Waals surface area contributed by atoms with Crippen LogP contribution in [-0.2, 0) is 14.4 Å². The third kappa shape index (κ3) is 37.7. The van der Waals surface area contributed by atoms with Gasteiger partial charge in [0, 0.05) is 25.9 Å². The highest BCUT2D eigenvalue weighted by Crippen LogP contribution is 2.20. The molecule has 1 heterocycles. The van der Waals surface area contributed by atoms with Crippen LogP contribution in [0.3, 0.4) is 0 Å². The Balaban J connectivity index is -0.000000217. The van der Waals surface area contributed by atoms with Crippen molar-refractivity contribution in [2.75, 3.05) is 13.1 Å². The fourth-order valence-corrected chi connectivity index (χ4v) is 2.71. The number of piperidine rings is 1. The minimum absolute atomic E-state index is 0.0613. The molecule has 0 bridgehead atoms. The van der Waals surface area contributed by atoms with E-state index in [1.54, 1.807) is 0 Å². The number of carboxylic acid groups (broad SMARTS) is 2. The second-order valence-electron chi connectivity index (χ2n) is 9.66. The second kappa shape index (κ2) is 28.7. The van der Waals surface area contributed by atoms with Gasteiger partial charge in [0.05, 0.1) is 12.2 Å². The van der Waals surface area contributed by atoms with Crippen LogP contribution in [0.4, 0.5) is 0 Å². The number of rotatable bonds is 7. The summed E-state index contributed by atoms with van der Waals surface area (Å²) >= 11 is 0. The maximum atomic E-state index is 11.2. The summed E-state index contributed by atoms with van der Waals surface area (Å²) in [6.45, 7) is 23.8. The summed E-state index contributed by atoms with van der Waals surface area (Å²) in [5, 5.41) is 26.1. The number of amides is 1. The Hall–Kier alpha value is -2.87. The van der Waals surface area contributed by atoms with Gasteiger partial charge in [-0.2, -0.15) is 0 Å². The molecule has 1 aliphatic rings. The van der Waals surface area contributed by atoms with Crippen LogP contribution in [0.5, 0.6) is 0 Å². The number of carbonyl (C=O) groups excluding carboxylic acids is 1. The highest BCUT2D eigenvalue weighted by atomic mass is 16.4. The van der Waals surface area contributed by atoms with Crippen molar-refractivity contribution in [3.05, 3.63) is 48.2 Å². The topological polar surface area (TPSA) is 127 Å². The molecular weight excluding hydrogens is 484 g/mol. The zero-order valence-electron chi connectivity index (χ0n) is 25.4. The molecule has 0 radical (unpaired) electrons. The normalized spacial score (nSPS) is 12.7. The van der Waals surface area contributed by atoms with Gasteiger partial charge in [0.15, 0.2) is 0 Å². The SMILES string of the molecule is C=C(O)CC(C)c1ccccc1.CC.CC.CC(C)(C)C.O=C(O)CCC(=O)NN1CCCCC1.O=CO. The standard InChI is InChI=1S/C11H14O.C9H16N2O3.C5H12.2C2H6.CH2O2/c1-9(8-10(2)12)11-6-4-3-5-7-11;12-8(4-5-9(13)14)10-11-6-2-1-3-7-11;1-5(2,3)4;2*1-2;2-1-3/h3-7,9,12H,2,8H2,1H3;1-7H2,(H,10,12)(H,13,14);1-4H3;2*1-2H3;1H,(H,2,3). The zero-order valence-corrected chi connectivity index (χ0v) is 25.4. The zero-order chi connectivity index (χ0) is 30.6. The van der Waals surface area contributed by atoms with Crippen LogP contribution in [0, 0.1) is 5.41 Å². The van der Waals surface area contributed by atoms with Gasteiger partial charge in [-0.15, -0.1) is 0 Å². The molecule has 1 atom stereocenters. The van der Waals surface area contributed by atoms with Gasteiger partial charge in [-0.05, 0) is 29.7 Å². The Bertz CT molecular complexity index is 690. The van der Waals surface area contributed by atoms with Crippen molar-refractivity contribution in [1.82, 2.24) is 10.4 Å². The molecular formula is C30H56N2O6. The lowest BCUT2D eigenvalue weighted by molar-refractivity contribution is -0.139. The maximum absolute atomic E-state index is 11.2. The van der Waals surface area contributed by atoms with E-state index in [9.17, 15) is 9.59 Å². The molecule has 2 rings (SSSR count). The number of aliphatic carboxylic acids is 1. The van der Waals surface area contributed by atoms with Gasteiger partial charge in [-0.25, -0.2) is 5.01 Å². The van der Waals surface area contributed by atoms with E-state index in [4.69, 9.17) is 20.1 Å². The minimum Gasteiger partial charge on any atom is -0.513 e. The number of nitrogens with one attached hydrogen (secondary N) is 1. The van der Waals surface area contributed by atoms with E-state index in [-0.39, 0.29) is 31.0 Å². The second-order valence-corrected chi connectivity index (χ2v) is 9.66. The molecule has 8 nitrogen and oxygen atoms in total. The molecule has 1 unspecified atom stereocenters. The molecule has 222 valence electrons. The van der Waals surface area contributed by atoms with E-state index in [0.717, 1.165) is 25.9 Å². The molecule has 0 aromatic heterocycles. The Kier molecular flexibility index (Phi) is 31.9. The molecule has 1 aromatic rings. The summed E-state index contributed by atoms with van der Waals surface area (Å²) < 4.78 is 0. The molecule has 1 fully saturated rings. The van der Waals surface area contributed by atoms with Gasteiger partial charge in [0.1, 0.15) is 0 Å². The number of carbonyl (C=O) groups is 3. The molecule has 8 heteroatoms. The van der Waals surface area contributed by atoms with Crippen molar-refractivity contribution in [3.8, 4) is 0 Å². The van der Waals surface area contributed by atoms with Crippen LogP contribution in [-0.4, -0.2) is 51.8 Å². The summed E-state index contributed by atoms with van der Waals surface area (Å²) in [6.07, 6.45) is 4.01. The van der Waals surface area contributed by atoms with Crippen molar-refractivity contribution in [1.29, 1.82) is 0 Å². The number of aliphatic hydroxyl groups is 1. The largest absolute Gasteiger partial charge is 0.513 e. The van der Waals surface area contributed by atoms with Crippen molar-refractivity contribution in [2.24, 2.45) is 5.41 Å². The van der Waals surface area contributed by atoms with Crippen LogP contribution in [0.15, 0.2) is 42.7 Å².